The van der Waals surface area contributed by atoms with Gasteiger partial charge in [0.25, 0.3) is 0 Å². The summed E-state index contributed by atoms with van der Waals surface area (Å²) in [5.74, 6) is 0.893. The first-order valence-electron chi connectivity index (χ1n) is 6.16. The molecule has 0 aromatic carbocycles. The average Bonchev–Trinajstić information content (AvgIpc) is 2.35. The van der Waals surface area contributed by atoms with Gasteiger partial charge in [-0.1, -0.05) is 28.5 Å². The summed E-state index contributed by atoms with van der Waals surface area (Å²) in [6.07, 6.45) is 7.70. The lowest BCUT2D eigenvalue weighted by Crippen LogP contribution is -2.44. The van der Waals surface area contributed by atoms with Gasteiger partial charge in [-0.05, 0) is 37.3 Å². The predicted molar refractivity (Wildman–Crippen MR) is 74.9 cm³/mol. The Kier molecular flexibility index (Phi) is 3.94. The molecule has 0 amide bonds. The smallest absolute Gasteiger partial charge is 0.186 e. The van der Waals surface area contributed by atoms with E-state index in [9.17, 15) is 9.59 Å². The fourth-order valence-electron chi connectivity index (χ4n) is 2.52. The summed E-state index contributed by atoms with van der Waals surface area (Å²) in [5.41, 5.74) is 1.07. The molecule has 0 bridgehead atoms. The van der Waals surface area contributed by atoms with Crippen molar-refractivity contribution in [2.75, 3.05) is 0 Å². The Labute approximate surface area is 110 Å². The summed E-state index contributed by atoms with van der Waals surface area (Å²) >= 11 is 0. The number of rotatable bonds is 3. The Morgan fingerprint density at radius 2 is 2.00 bits per heavy atom. The van der Waals surface area contributed by atoms with Crippen LogP contribution in [0, 0.1) is 11.8 Å². The molecule has 0 aromatic heterocycles. The van der Waals surface area contributed by atoms with E-state index in [1.165, 1.54) is 12.2 Å². The van der Waals surface area contributed by atoms with Crippen LogP contribution in [0.1, 0.15) is 20.3 Å². The monoisotopic (exact) mass is 263 g/mol. The van der Waals surface area contributed by atoms with E-state index < -0.39 is 0 Å². The second-order valence-corrected chi connectivity index (χ2v) is 5.36. The molecule has 0 heterocycles. The van der Waals surface area contributed by atoms with Crippen LogP contribution in [0.15, 0.2) is 35.5 Å². The summed E-state index contributed by atoms with van der Waals surface area (Å²) in [6.45, 7) is 3.90. The highest BCUT2D eigenvalue weighted by Crippen LogP contribution is 2.36. The third kappa shape index (κ3) is 2.38. The lowest BCUT2D eigenvalue weighted by atomic mass is 9.70. The predicted octanol–water partition coefficient (Wildman–Crippen LogP) is 1.97. The molecule has 4 atom stereocenters. The Morgan fingerprint density at radius 1 is 1.33 bits per heavy atom. The zero-order valence-corrected chi connectivity index (χ0v) is 11.8. The van der Waals surface area contributed by atoms with Gasteiger partial charge in [-0.2, -0.15) is 0 Å². The fraction of sp³-hybridized carbons (Fsp3) is 0.429. The van der Waals surface area contributed by atoms with E-state index in [1.807, 2.05) is 6.08 Å². The normalized spacial score (nSPS) is 32.3. The minimum atomic E-state index is -0.0780. The third-order valence-electron chi connectivity index (χ3n) is 3.87. The van der Waals surface area contributed by atoms with Gasteiger partial charge in [-0.15, -0.1) is 0 Å². The minimum Gasteiger partial charge on any atom is -0.297 e. The number of carbonyl (C=O) groups excluding carboxylic acids is 2. The zero-order chi connectivity index (χ0) is 13.3. The maximum absolute atomic E-state index is 11.7. The van der Waals surface area contributed by atoms with Gasteiger partial charge in [-0.3, -0.25) is 14.7 Å². The topological polar surface area (TPSA) is 46.2 Å². The molecular weight excluding hydrogens is 245 g/mol. The SMILES string of the molecule is CC1=C(/C=C\C2C(C)CC2NP)C(=O)C=CC1=O. The summed E-state index contributed by atoms with van der Waals surface area (Å²) < 4.78 is 0. The van der Waals surface area contributed by atoms with Gasteiger partial charge in [0, 0.05) is 17.2 Å². The van der Waals surface area contributed by atoms with Gasteiger partial charge >= 0.3 is 0 Å². The van der Waals surface area contributed by atoms with Gasteiger partial charge in [-0.25, -0.2) is 0 Å². The van der Waals surface area contributed by atoms with Crippen LogP contribution in [-0.4, -0.2) is 17.6 Å². The van der Waals surface area contributed by atoms with Crippen LogP contribution in [-0.2, 0) is 9.59 Å². The molecule has 2 aliphatic rings. The van der Waals surface area contributed by atoms with E-state index in [2.05, 4.69) is 27.5 Å². The number of hydrogen-bond acceptors (Lipinski definition) is 3. The second kappa shape index (κ2) is 5.29. The third-order valence-corrected chi connectivity index (χ3v) is 4.30. The maximum atomic E-state index is 11.7. The van der Waals surface area contributed by atoms with Crippen LogP contribution in [0.25, 0.3) is 0 Å². The highest BCUT2D eigenvalue weighted by Gasteiger charge is 2.35. The number of ketones is 2. The lowest BCUT2D eigenvalue weighted by molar-refractivity contribution is -0.115. The van der Waals surface area contributed by atoms with Crippen molar-refractivity contribution >= 4 is 21.0 Å². The number of allylic oxidation sites excluding steroid dienone is 5. The molecule has 0 saturated heterocycles. The second-order valence-electron chi connectivity index (χ2n) is 5.02. The van der Waals surface area contributed by atoms with Crippen LogP contribution in [0.5, 0.6) is 0 Å². The first-order chi connectivity index (χ1) is 8.54. The van der Waals surface area contributed by atoms with Gasteiger partial charge in [0.1, 0.15) is 0 Å². The summed E-state index contributed by atoms with van der Waals surface area (Å²) in [5, 5.41) is 3.18. The van der Waals surface area contributed by atoms with Crippen LogP contribution in [0.2, 0.25) is 0 Å². The molecule has 96 valence electrons. The molecule has 1 saturated carbocycles. The van der Waals surface area contributed by atoms with E-state index in [-0.39, 0.29) is 11.6 Å². The van der Waals surface area contributed by atoms with Crippen molar-refractivity contribution in [2.24, 2.45) is 11.8 Å². The number of nitrogens with one attached hydrogen (secondary N) is 1. The molecule has 3 nitrogen and oxygen atoms in total. The van der Waals surface area contributed by atoms with Crippen molar-refractivity contribution in [3.8, 4) is 0 Å². The molecule has 0 aliphatic heterocycles. The average molecular weight is 263 g/mol. The highest BCUT2D eigenvalue weighted by atomic mass is 31.0. The first-order valence-corrected chi connectivity index (χ1v) is 6.74. The molecule has 0 aromatic rings. The van der Waals surface area contributed by atoms with E-state index in [4.69, 9.17) is 0 Å². The van der Waals surface area contributed by atoms with Crippen LogP contribution >= 0.6 is 9.39 Å². The van der Waals surface area contributed by atoms with Crippen molar-refractivity contribution in [2.45, 2.75) is 26.3 Å². The first kappa shape index (κ1) is 13.4. The van der Waals surface area contributed by atoms with Gasteiger partial charge in [0.05, 0.1) is 0 Å². The molecule has 18 heavy (non-hydrogen) atoms. The number of hydrogen-bond donors (Lipinski definition) is 1. The molecule has 0 spiro atoms. The van der Waals surface area contributed by atoms with Crippen molar-refractivity contribution in [3.05, 3.63) is 35.5 Å². The molecular formula is C14H18NO2P. The molecule has 0 radical (unpaired) electrons. The Hall–Kier alpha value is -1.05. The molecule has 2 rings (SSSR count). The summed E-state index contributed by atoms with van der Waals surface area (Å²) in [6, 6.07) is 0.451. The van der Waals surface area contributed by atoms with Gasteiger partial charge in [0.2, 0.25) is 0 Å². The van der Waals surface area contributed by atoms with Crippen molar-refractivity contribution in [1.29, 1.82) is 0 Å². The molecule has 4 unspecified atom stereocenters. The summed E-state index contributed by atoms with van der Waals surface area (Å²) in [4.78, 5) is 23.3. The van der Waals surface area contributed by atoms with Crippen molar-refractivity contribution < 1.29 is 9.59 Å². The lowest BCUT2D eigenvalue weighted by Gasteiger charge is -2.41. The molecule has 1 N–H and O–H groups in total. The summed E-state index contributed by atoms with van der Waals surface area (Å²) in [7, 11) is 2.54. The quantitative estimate of drug-likeness (QED) is 0.625. The maximum Gasteiger partial charge on any atom is 0.186 e. The Morgan fingerprint density at radius 3 is 2.61 bits per heavy atom. The van der Waals surface area contributed by atoms with Crippen LogP contribution in [0.4, 0.5) is 0 Å². The van der Waals surface area contributed by atoms with Gasteiger partial charge < -0.3 is 0 Å². The Balaban J connectivity index is 2.15. The fourth-order valence-corrected chi connectivity index (χ4v) is 2.87. The highest BCUT2D eigenvalue weighted by molar-refractivity contribution is 7.13. The van der Waals surface area contributed by atoms with E-state index in [0.717, 1.165) is 6.42 Å². The minimum absolute atomic E-state index is 0.0726. The van der Waals surface area contributed by atoms with Crippen molar-refractivity contribution in [1.82, 2.24) is 5.09 Å². The van der Waals surface area contributed by atoms with E-state index >= 15 is 0 Å². The van der Waals surface area contributed by atoms with Crippen molar-refractivity contribution in [3.63, 3.8) is 0 Å². The molecule has 4 heteroatoms. The van der Waals surface area contributed by atoms with E-state index in [1.54, 1.807) is 6.92 Å². The van der Waals surface area contributed by atoms with Gasteiger partial charge in [0.15, 0.2) is 11.6 Å². The standard InChI is InChI=1S/C14H18NO2P/c1-8-7-12(15-18)10(8)3-4-11-9(2)13(16)5-6-14(11)17/h3-6,8,10,12,15H,7,18H2,1-2H3/b4-3-. The van der Waals surface area contributed by atoms with Crippen LogP contribution in [0.3, 0.4) is 0 Å². The van der Waals surface area contributed by atoms with E-state index in [0.29, 0.717) is 29.0 Å². The number of carbonyl (C=O) groups is 2. The Bertz CT molecular complexity index is 476. The largest absolute Gasteiger partial charge is 0.297 e. The molecule has 2 aliphatic carbocycles. The zero-order valence-electron chi connectivity index (χ0n) is 10.6. The van der Waals surface area contributed by atoms with Crippen LogP contribution < -0.4 is 5.09 Å². The molecule has 1 fully saturated rings.